The smallest absolute Gasteiger partial charge is 0.233 e. The second kappa shape index (κ2) is 6.47. The molecular weight excluding hydrogens is 256 g/mol. The Morgan fingerprint density at radius 1 is 1.30 bits per heavy atom. The van der Waals surface area contributed by atoms with Crippen LogP contribution in [0.15, 0.2) is 24.4 Å². The fraction of sp³-hybridized carbons (Fsp3) is 0.500. The maximum absolute atomic E-state index is 10.2. The van der Waals surface area contributed by atoms with Gasteiger partial charge in [-0.1, -0.05) is 6.92 Å². The highest BCUT2D eigenvalue weighted by Gasteiger charge is 2.13. The highest BCUT2D eigenvalue weighted by atomic mass is 16.5. The molecule has 1 N–H and O–H groups in total. The maximum Gasteiger partial charge on any atom is 0.233 e. The first-order chi connectivity index (χ1) is 9.63. The molecule has 6 heteroatoms. The van der Waals surface area contributed by atoms with Crippen LogP contribution in [0.2, 0.25) is 0 Å². The molecule has 0 radical (unpaired) electrons. The molecule has 0 aromatic carbocycles. The highest BCUT2D eigenvalue weighted by Crippen LogP contribution is 2.17. The lowest BCUT2D eigenvalue weighted by molar-refractivity contribution is 0.170. The van der Waals surface area contributed by atoms with Crippen LogP contribution in [0.25, 0.3) is 0 Å². The zero-order valence-corrected chi connectivity index (χ0v) is 12.0. The molecule has 0 saturated heterocycles. The average molecular weight is 276 g/mol. The van der Waals surface area contributed by atoms with Crippen molar-refractivity contribution in [2.45, 2.75) is 38.8 Å². The van der Waals surface area contributed by atoms with Gasteiger partial charge in [0.15, 0.2) is 0 Å². The first kappa shape index (κ1) is 14.5. The Labute approximate surface area is 118 Å². The topological polar surface area (TPSA) is 73.1 Å². The number of ether oxygens (including phenoxy) is 1. The summed E-state index contributed by atoms with van der Waals surface area (Å²) in [6.07, 6.45) is 2.67. The molecule has 2 atom stereocenters. The number of rotatable bonds is 6. The number of methoxy groups -OCH3 is 1. The molecule has 0 aliphatic heterocycles. The Hall–Kier alpha value is -1.95. The first-order valence-electron chi connectivity index (χ1n) is 6.73. The van der Waals surface area contributed by atoms with Crippen LogP contribution in [-0.4, -0.2) is 32.2 Å². The van der Waals surface area contributed by atoms with E-state index in [1.54, 1.807) is 12.1 Å². The van der Waals surface area contributed by atoms with Gasteiger partial charge >= 0.3 is 0 Å². The molecule has 2 aromatic rings. The molecule has 0 amide bonds. The molecule has 2 rings (SSSR count). The molecule has 0 saturated carbocycles. The summed E-state index contributed by atoms with van der Waals surface area (Å²) in [5.41, 5.74) is 1.36. The largest absolute Gasteiger partial charge is 0.480 e. The third kappa shape index (κ3) is 3.33. The maximum atomic E-state index is 10.2. The van der Waals surface area contributed by atoms with Gasteiger partial charge in [0, 0.05) is 24.7 Å². The normalized spacial score (nSPS) is 14.0. The van der Waals surface area contributed by atoms with Crippen LogP contribution in [0.3, 0.4) is 0 Å². The van der Waals surface area contributed by atoms with E-state index in [9.17, 15) is 5.11 Å². The Morgan fingerprint density at radius 2 is 2.10 bits per heavy atom. The van der Waals surface area contributed by atoms with Crippen molar-refractivity contribution in [1.82, 2.24) is 20.0 Å². The number of hydrogen-bond acceptors (Lipinski definition) is 5. The standard InChI is InChI=1S/C14H20N4O2/c1-4-10(2)18-8-7-11(17-18)9-13(19)12-5-6-14(20-3)16-15-12/h5-8,10,13,19H,4,9H2,1-3H3. The number of hydrogen-bond donors (Lipinski definition) is 1. The van der Waals surface area contributed by atoms with Gasteiger partial charge < -0.3 is 9.84 Å². The number of nitrogens with zero attached hydrogens (tertiary/aromatic N) is 4. The van der Waals surface area contributed by atoms with E-state index in [1.807, 2.05) is 16.9 Å². The fourth-order valence-corrected chi connectivity index (χ4v) is 1.84. The summed E-state index contributed by atoms with van der Waals surface area (Å²) in [7, 11) is 1.53. The molecule has 0 aliphatic rings. The van der Waals surface area contributed by atoms with Gasteiger partial charge in [0.1, 0.15) is 6.10 Å². The van der Waals surface area contributed by atoms with E-state index < -0.39 is 6.10 Å². The van der Waals surface area contributed by atoms with Gasteiger partial charge in [-0.2, -0.15) is 5.10 Å². The zero-order chi connectivity index (χ0) is 14.5. The highest BCUT2D eigenvalue weighted by molar-refractivity contribution is 5.14. The fourth-order valence-electron chi connectivity index (χ4n) is 1.84. The summed E-state index contributed by atoms with van der Waals surface area (Å²) in [4.78, 5) is 0. The van der Waals surface area contributed by atoms with Gasteiger partial charge in [-0.15, -0.1) is 10.2 Å². The van der Waals surface area contributed by atoms with Crippen LogP contribution in [0.1, 0.15) is 43.8 Å². The third-order valence-corrected chi connectivity index (χ3v) is 3.32. The minimum atomic E-state index is -0.714. The summed E-state index contributed by atoms with van der Waals surface area (Å²) in [6, 6.07) is 5.68. The van der Waals surface area contributed by atoms with Crippen LogP contribution in [0.5, 0.6) is 5.88 Å². The van der Waals surface area contributed by atoms with Crippen LogP contribution in [0.4, 0.5) is 0 Å². The monoisotopic (exact) mass is 276 g/mol. The van der Waals surface area contributed by atoms with Crippen molar-refractivity contribution in [3.8, 4) is 5.88 Å². The molecule has 108 valence electrons. The van der Waals surface area contributed by atoms with Crippen molar-refractivity contribution < 1.29 is 9.84 Å². The molecule has 0 spiro atoms. The molecule has 2 heterocycles. The van der Waals surface area contributed by atoms with E-state index in [0.29, 0.717) is 24.0 Å². The van der Waals surface area contributed by atoms with Crippen LogP contribution in [-0.2, 0) is 6.42 Å². The van der Waals surface area contributed by atoms with E-state index in [4.69, 9.17) is 4.74 Å². The first-order valence-corrected chi connectivity index (χ1v) is 6.73. The lowest BCUT2D eigenvalue weighted by Gasteiger charge is -2.10. The SMILES string of the molecule is CCC(C)n1ccc(CC(O)c2ccc(OC)nn2)n1. The van der Waals surface area contributed by atoms with Crippen molar-refractivity contribution in [2.24, 2.45) is 0 Å². The molecule has 2 unspecified atom stereocenters. The van der Waals surface area contributed by atoms with E-state index in [-0.39, 0.29) is 0 Å². The van der Waals surface area contributed by atoms with E-state index in [1.165, 1.54) is 7.11 Å². The van der Waals surface area contributed by atoms with Crippen LogP contribution in [0, 0.1) is 0 Å². The summed E-state index contributed by atoms with van der Waals surface area (Å²) >= 11 is 0. The quantitative estimate of drug-likeness (QED) is 0.872. The van der Waals surface area contributed by atoms with E-state index >= 15 is 0 Å². The molecular formula is C14H20N4O2. The molecule has 0 fully saturated rings. The van der Waals surface area contributed by atoms with Crippen LogP contribution >= 0.6 is 0 Å². The van der Waals surface area contributed by atoms with Crippen molar-refractivity contribution in [1.29, 1.82) is 0 Å². The minimum absolute atomic E-state index is 0.363. The van der Waals surface area contributed by atoms with Gasteiger partial charge in [-0.25, -0.2) is 0 Å². The second-order valence-corrected chi connectivity index (χ2v) is 4.76. The number of aromatic nitrogens is 4. The van der Waals surface area contributed by atoms with Gasteiger partial charge in [0.05, 0.1) is 18.5 Å². The number of aliphatic hydroxyl groups excluding tert-OH is 1. The Morgan fingerprint density at radius 3 is 2.70 bits per heavy atom. The number of aliphatic hydroxyl groups is 1. The molecule has 2 aromatic heterocycles. The lowest BCUT2D eigenvalue weighted by Crippen LogP contribution is -2.08. The van der Waals surface area contributed by atoms with Crippen molar-refractivity contribution in [3.05, 3.63) is 35.8 Å². The molecule has 0 aliphatic carbocycles. The van der Waals surface area contributed by atoms with E-state index in [0.717, 1.165) is 12.1 Å². The Balaban J connectivity index is 2.03. The van der Waals surface area contributed by atoms with Crippen molar-refractivity contribution in [3.63, 3.8) is 0 Å². The summed E-state index contributed by atoms with van der Waals surface area (Å²) in [5, 5.41) is 22.4. The van der Waals surface area contributed by atoms with Gasteiger partial charge in [-0.3, -0.25) is 4.68 Å². The summed E-state index contributed by atoms with van der Waals surface area (Å²) < 4.78 is 6.86. The minimum Gasteiger partial charge on any atom is -0.480 e. The van der Waals surface area contributed by atoms with Crippen molar-refractivity contribution in [2.75, 3.05) is 7.11 Å². The predicted molar refractivity (Wildman–Crippen MR) is 74.5 cm³/mol. The van der Waals surface area contributed by atoms with Gasteiger partial charge in [0.25, 0.3) is 0 Å². The molecule has 20 heavy (non-hydrogen) atoms. The Bertz CT molecular complexity index is 538. The zero-order valence-electron chi connectivity index (χ0n) is 12.0. The lowest BCUT2D eigenvalue weighted by atomic mass is 10.1. The van der Waals surface area contributed by atoms with Crippen molar-refractivity contribution >= 4 is 0 Å². The Kier molecular flexibility index (Phi) is 4.68. The summed E-state index contributed by atoms with van der Waals surface area (Å²) in [6.45, 7) is 4.23. The summed E-state index contributed by atoms with van der Waals surface area (Å²) in [5.74, 6) is 0.432. The van der Waals surface area contributed by atoms with E-state index in [2.05, 4.69) is 29.1 Å². The van der Waals surface area contributed by atoms with Gasteiger partial charge in [-0.05, 0) is 25.5 Å². The average Bonchev–Trinajstić information content (AvgIpc) is 2.95. The predicted octanol–water partition coefficient (Wildman–Crippen LogP) is 1.93. The molecule has 0 bridgehead atoms. The van der Waals surface area contributed by atoms with Gasteiger partial charge in [0.2, 0.25) is 5.88 Å². The molecule has 6 nitrogen and oxygen atoms in total. The third-order valence-electron chi connectivity index (χ3n) is 3.32. The van der Waals surface area contributed by atoms with Crippen LogP contribution < -0.4 is 4.74 Å². The second-order valence-electron chi connectivity index (χ2n) is 4.76.